The predicted octanol–water partition coefficient (Wildman–Crippen LogP) is 5.04. The molecule has 0 spiro atoms. The second-order valence-corrected chi connectivity index (χ2v) is 12.9. The van der Waals surface area contributed by atoms with Gasteiger partial charge in [0.05, 0.1) is 0 Å². The Hall–Kier alpha value is -1.00. The van der Waals surface area contributed by atoms with Crippen LogP contribution < -0.4 is 0 Å². The van der Waals surface area contributed by atoms with Crippen LogP contribution in [0.4, 0.5) is 4.79 Å². The lowest BCUT2D eigenvalue weighted by Crippen LogP contribution is -2.59. The van der Waals surface area contributed by atoms with Crippen LogP contribution in [0.25, 0.3) is 0 Å². The van der Waals surface area contributed by atoms with Crippen molar-refractivity contribution in [1.29, 1.82) is 0 Å². The van der Waals surface area contributed by atoms with Crippen molar-refractivity contribution in [2.24, 2.45) is 0 Å². The number of amides is 1. The van der Waals surface area contributed by atoms with E-state index in [2.05, 4.69) is 6.58 Å². The van der Waals surface area contributed by atoms with Crippen molar-refractivity contribution in [3.8, 4) is 0 Å². The van der Waals surface area contributed by atoms with Gasteiger partial charge in [-0.1, -0.05) is 47.1 Å². The summed E-state index contributed by atoms with van der Waals surface area (Å²) in [4.78, 5) is 38.8. The number of carbonyl (C=O) groups excluding carboxylic acids is 3. The highest BCUT2D eigenvalue weighted by molar-refractivity contribution is 8.77. The van der Waals surface area contributed by atoms with Gasteiger partial charge < -0.3 is 14.2 Å². The molecule has 0 aromatic carbocycles. The molecule has 0 saturated carbocycles. The van der Waals surface area contributed by atoms with Crippen LogP contribution in [0, 0.1) is 0 Å². The Morgan fingerprint density at radius 1 is 1.19 bits per heavy atom. The van der Waals surface area contributed by atoms with Crippen LogP contribution in [0.1, 0.15) is 59.3 Å². The number of unbranched alkanes of at least 4 members (excludes halogenated alkanes) is 2. The van der Waals surface area contributed by atoms with Crippen LogP contribution in [-0.4, -0.2) is 69.9 Å². The summed E-state index contributed by atoms with van der Waals surface area (Å²) in [6.45, 7) is 9.27. The number of thioether (sulfide) groups is 1. The van der Waals surface area contributed by atoms with Gasteiger partial charge in [0.2, 0.25) is 6.29 Å². The maximum absolute atomic E-state index is 12.8. The smallest absolute Gasteiger partial charge is 0.413 e. The molecule has 10 heteroatoms. The molecule has 2 unspecified atom stereocenters. The van der Waals surface area contributed by atoms with E-state index in [9.17, 15) is 14.4 Å². The summed E-state index contributed by atoms with van der Waals surface area (Å²) in [5.74, 6) is 1.02. The molecule has 1 amide bonds. The van der Waals surface area contributed by atoms with Crippen molar-refractivity contribution in [1.82, 2.24) is 4.90 Å². The fraction of sp³-hybridized carbons (Fsp3) is 0.773. The first-order chi connectivity index (χ1) is 15.2. The average Bonchev–Trinajstić information content (AvgIpc) is 3.24. The van der Waals surface area contributed by atoms with Gasteiger partial charge in [-0.2, -0.15) is 11.8 Å². The summed E-state index contributed by atoms with van der Waals surface area (Å²) >= 11 is 1.60. The minimum Gasteiger partial charge on any atom is -0.460 e. The van der Waals surface area contributed by atoms with Gasteiger partial charge in [-0.05, 0) is 33.1 Å². The van der Waals surface area contributed by atoms with E-state index in [4.69, 9.17) is 14.2 Å². The fourth-order valence-corrected chi connectivity index (χ4v) is 7.90. The van der Waals surface area contributed by atoms with Crippen molar-refractivity contribution in [2.45, 2.75) is 81.6 Å². The average molecular weight is 506 g/mol. The molecule has 0 radical (unpaired) electrons. The van der Waals surface area contributed by atoms with Gasteiger partial charge in [0.1, 0.15) is 12.6 Å². The first-order valence-electron chi connectivity index (χ1n) is 11.1. The topological polar surface area (TPSA) is 82.1 Å². The summed E-state index contributed by atoms with van der Waals surface area (Å²) in [5.41, 5.74) is 0. The zero-order valence-electron chi connectivity index (χ0n) is 19.2. The third-order valence-corrected chi connectivity index (χ3v) is 9.64. The van der Waals surface area contributed by atoms with Crippen LogP contribution in [0.2, 0.25) is 0 Å². The summed E-state index contributed by atoms with van der Waals surface area (Å²) in [6, 6.07) is -0.798. The molecule has 2 aliphatic heterocycles. The second-order valence-electron chi connectivity index (χ2n) is 8.34. The van der Waals surface area contributed by atoms with E-state index in [0.29, 0.717) is 18.7 Å². The summed E-state index contributed by atoms with van der Waals surface area (Å²) < 4.78 is 15.3. The van der Waals surface area contributed by atoms with Crippen molar-refractivity contribution in [3.05, 3.63) is 12.7 Å². The summed E-state index contributed by atoms with van der Waals surface area (Å²) in [7, 11) is 3.92. The van der Waals surface area contributed by atoms with E-state index in [0.717, 1.165) is 24.5 Å². The molecule has 0 bridgehead atoms. The van der Waals surface area contributed by atoms with E-state index in [1.807, 2.05) is 35.4 Å². The number of ether oxygens (including phenoxy) is 3. The highest BCUT2D eigenvalue weighted by Crippen LogP contribution is 2.40. The minimum absolute atomic E-state index is 0.0748. The molecule has 0 aliphatic carbocycles. The Bertz CT molecular complexity index is 654. The van der Waals surface area contributed by atoms with Gasteiger partial charge in [-0.25, -0.2) is 9.59 Å². The van der Waals surface area contributed by atoms with Crippen LogP contribution in [0.5, 0.6) is 0 Å². The van der Waals surface area contributed by atoms with E-state index >= 15 is 0 Å². The van der Waals surface area contributed by atoms with E-state index in [-0.39, 0.29) is 12.6 Å². The Morgan fingerprint density at radius 3 is 2.66 bits per heavy atom. The molecule has 182 valence electrons. The number of hydrogen-bond donors (Lipinski definition) is 0. The Morgan fingerprint density at radius 2 is 1.97 bits per heavy atom. The molecule has 0 N–H and O–H groups in total. The lowest BCUT2D eigenvalue weighted by molar-refractivity contribution is -0.168. The molecule has 7 nitrogen and oxygen atoms in total. The van der Waals surface area contributed by atoms with Crippen LogP contribution in [0.15, 0.2) is 12.7 Å². The number of hydrogen-bond acceptors (Lipinski definition) is 9. The molecule has 0 aromatic rings. The second kappa shape index (κ2) is 13.6. The SMILES string of the molecule is C=CCOC(=O)C1N(C(=O)OC(C)OC(=O)CCCCC[C@H]2CCSS2)CCSC1(C)C. The molecule has 2 fully saturated rings. The molecule has 2 heterocycles. The van der Waals surface area contributed by atoms with Crippen LogP contribution in [-0.2, 0) is 23.8 Å². The van der Waals surface area contributed by atoms with Gasteiger partial charge in [-0.3, -0.25) is 9.69 Å². The Labute approximate surface area is 203 Å². The third-order valence-electron chi connectivity index (χ3n) is 5.28. The lowest BCUT2D eigenvalue weighted by atomic mass is 10.0. The van der Waals surface area contributed by atoms with Gasteiger partial charge in [-0.15, -0.1) is 0 Å². The molecular formula is C22H35NO6S3. The number of carbonyl (C=O) groups is 3. The molecular weight excluding hydrogens is 470 g/mol. The highest BCUT2D eigenvalue weighted by atomic mass is 33.1. The van der Waals surface area contributed by atoms with Gasteiger partial charge in [0, 0.05) is 41.4 Å². The fourth-order valence-electron chi connectivity index (χ4n) is 3.68. The lowest BCUT2D eigenvalue weighted by Gasteiger charge is -2.43. The van der Waals surface area contributed by atoms with Gasteiger partial charge in [0.25, 0.3) is 0 Å². The normalized spacial score (nSPS) is 23.3. The predicted molar refractivity (Wildman–Crippen MR) is 132 cm³/mol. The van der Waals surface area contributed by atoms with Gasteiger partial charge in [0.15, 0.2) is 0 Å². The maximum Gasteiger partial charge on any atom is 0.413 e. The molecule has 0 aromatic heterocycles. The van der Waals surface area contributed by atoms with E-state index < -0.39 is 29.1 Å². The Balaban J connectivity index is 1.75. The summed E-state index contributed by atoms with van der Waals surface area (Å²) in [6.07, 6.45) is 5.41. The van der Waals surface area contributed by atoms with Gasteiger partial charge >= 0.3 is 18.0 Å². The Kier molecular flexibility index (Phi) is 11.6. The molecule has 2 aliphatic rings. The van der Waals surface area contributed by atoms with Crippen LogP contribution >= 0.6 is 33.3 Å². The van der Waals surface area contributed by atoms with E-state index in [1.54, 1.807) is 11.8 Å². The monoisotopic (exact) mass is 505 g/mol. The zero-order chi connectivity index (χ0) is 23.6. The molecule has 3 atom stereocenters. The number of rotatable bonds is 11. The van der Waals surface area contributed by atoms with Crippen molar-refractivity contribution in [2.75, 3.05) is 24.7 Å². The quantitative estimate of drug-likeness (QED) is 0.126. The highest BCUT2D eigenvalue weighted by Gasteiger charge is 2.47. The van der Waals surface area contributed by atoms with Crippen LogP contribution in [0.3, 0.4) is 0 Å². The first-order valence-corrected chi connectivity index (χ1v) is 14.5. The van der Waals surface area contributed by atoms with Crippen molar-refractivity contribution < 1.29 is 28.6 Å². The standard InChI is InChI=1S/C22H35NO6S3/c1-5-13-27-20(25)19-22(3,4)30-15-12-23(19)21(26)29-16(2)28-18(24)10-8-6-7-9-17-11-14-31-32-17/h5,16-17,19H,1,6-15H2,2-4H3/t16?,17-,19?/m0/s1. The maximum atomic E-state index is 12.8. The number of nitrogens with zero attached hydrogens (tertiary/aromatic N) is 1. The third kappa shape index (κ3) is 8.74. The first kappa shape index (κ1) is 27.2. The molecule has 2 saturated heterocycles. The van der Waals surface area contributed by atoms with Crippen molar-refractivity contribution in [3.63, 3.8) is 0 Å². The molecule has 32 heavy (non-hydrogen) atoms. The van der Waals surface area contributed by atoms with Crippen molar-refractivity contribution >= 4 is 51.4 Å². The zero-order valence-corrected chi connectivity index (χ0v) is 21.7. The molecule has 2 rings (SSSR count). The number of esters is 2. The van der Waals surface area contributed by atoms with E-state index in [1.165, 1.54) is 36.5 Å². The minimum atomic E-state index is -1.02. The summed E-state index contributed by atoms with van der Waals surface area (Å²) in [5, 5.41) is 0.752. The largest absolute Gasteiger partial charge is 0.460 e.